The minimum atomic E-state index is -0.827. The van der Waals surface area contributed by atoms with Crippen molar-refractivity contribution in [3.8, 4) is 0 Å². The average molecular weight is 185 g/mol. The SMILES string of the molecule is CC(NCC1CCC=CO1)C(=O)O. The van der Waals surface area contributed by atoms with Crippen LogP contribution in [0.25, 0.3) is 0 Å². The van der Waals surface area contributed by atoms with Crippen LogP contribution in [0.3, 0.4) is 0 Å². The lowest BCUT2D eigenvalue weighted by Gasteiger charge is -2.20. The number of carboxylic acid groups (broad SMARTS) is 1. The van der Waals surface area contributed by atoms with E-state index in [1.807, 2.05) is 6.08 Å². The number of ether oxygens (including phenoxy) is 1. The maximum atomic E-state index is 10.5. The Kier molecular flexibility index (Phi) is 3.76. The summed E-state index contributed by atoms with van der Waals surface area (Å²) in [5.41, 5.74) is 0. The molecule has 0 saturated carbocycles. The Morgan fingerprint density at radius 2 is 2.62 bits per heavy atom. The molecule has 0 aromatic carbocycles. The van der Waals surface area contributed by atoms with Crippen molar-refractivity contribution in [2.24, 2.45) is 0 Å². The second-order valence-corrected chi connectivity index (χ2v) is 3.18. The van der Waals surface area contributed by atoms with Gasteiger partial charge in [0.05, 0.1) is 6.26 Å². The maximum absolute atomic E-state index is 10.5. The first-order valence-electron chi connectivity index (χ1n) is 4.47. The van der Waals surface area contributed by atoms with Gasteiger partial charge in [-0.3, -0.25) is 4.79 Å². The summed E-state index contributed by atoms with van der Waals surface area (Å²) in [6.07, 6.45) is 5.73. The van der Waals surface area contributed by atoms with E-state index in [2.05, 4.69) is 5.32 Å². The van der Waals surface area contributed by atoms with Gasteiger partial charge in [-0.1, -0.05) is 0 Å². The summed E-state index contributed by atoms with van der Waals surface area (Å²) in [5.74, 6) is -0.827. The van der Waals surface area contributed by atoms with E-state index in [0.29, 0.717) is 6.54 Å². The van der Waals surface area contributed by atoms with Crippen LogP contribution in [0.2, 0.25) is 0 Å². The van der Waals surface area contributed by atoms with Gasteiger partial charge in [0, 0.05) is 6.54 Å². The number of nitrogens with one attached hydrogen (secondary N) is 1. The number of rotatable bonds is 4. The molecule has 13 heavy (non-hydrogen) atoms. The number of carboxylic acids is 1. The second kappa shape index (κ2) is 4.87. The Labute approximate surface area is 77.6 Å². The quantitative estimate of drug-likeness (QED) is 0.678. The van der Waals surface area contributed by atoms with Crippen molar-refractivity contribution in [2.75, 3.05) is 6.54 Å². The van der Waals surface area contributed by atoms with Crippen molar-refractivity contribution < 1.29 is 14.6 Å². The van der Waals surface area contributed by atoms with E-state index in [0.717, 1.165) is 12.8 Å². The third-order valence-electron chi connectivity index (χ3n) is 2.04. The topological polar surface area (TPSA) is 58.6 Å². The van der Waals surface area contributed by atoms with Crippen molar-refractivity contribution >= 4 is 5.97 Å². The van der Waals surface area contributed by atoms with Crippen LogP contribution in [-0.2, 0) is 9.53 Å². The molecule has 4 nitrogen and oxygen atoms in total. The Morgan fingerprint density at radius 3 is 3.15 bits per heavy atom. The van der Waals surface area contributed by atoms with Gasteiger partial charge in [0.15, 0.2) is 0 Å². The summed E-state index contributed by atoms with van der Waals surface area (Å²) in [4.78, 5) is 10.5. The Balaban J connectivity index is 2.18. The van der Waals surface area contributed by atoms with Crippen LogP contribution in [0.5, 0.6) is 0 Å². The van der Waals surface area contributed by atoms with Gasteiger partial charge in [-0.15, -0.1) is 0 Å². The molecule has 1 aliphatic rings. The first-order valence-corrected chi connectivity index (χ1v) is 4.47. The fraction of sp³-hybridized carbons (Fsp3) is 0.667. The first kappa shape index (κ1) is 10.1. The number of allylic oxidation sites excluding steroid dienone is 1. The van der Waals surface area contributed by atoms with E-state index in [1.54, 1.807) is 13.2 Å². The Morgan fingerprint density at radius 1 is 1.85 bits per heavy atom. The van der Waals surface area contributed by atoms with Crippen LogP contribution in [0, 0.1) is 0 Å². The highest BCUT2D eigenvalue weighted by molar-refractivity contribution is 5.72. The number of aliphatic carboxylic acids is 1. The molecule has 0 aromatic heterocycles. The minimum absolute atomic E-state index is 0.117. The number of hydrogen-bond donors (Lipinski definition) is 2. The zero-order valence-electron chi connectivity index (χ0n) is 7.69. The smallest absolute Gasteiger partial charge is 0.320 e. The molecule has 1 heterocycles. The fourth-order valence-corrected chi connectivity index (χ4v) is 1.13. The molecule has 1 rings (SSSR count). The van der Waals surface area contributed by atoms with Gasteiger partial charge in [0.2, 0.25) is 0 Å². The lowest BCUT2D eigenvalue weighted by molar-refractivity contribution is -0.139. The molecular formula is C9H15NO3. The summed E-state index contributed by atoms with van der Waals surface area (Å²) < 4.78 is 5.27. The molecule has 0 bridgehead atoms. The van der Waals surface area contributed by atoms with Crippen LogP contribution in [0.15, 0.2) is 12.3 Å². The van der Waals surface area contributed by atoms with Gasteiger partial charge in [0.1, 0.15) is 12.1 Å². The maximum Gasteiger partial charge on any atom is 0.320 e. The third-order valence-corrected chi connectivity index (χ3v) is 2.04. The van der Waals surface area contributed by atoms with E-state index in [1.165, 1.54) is 0 Å². The van der Waals surface area contributed by atoms with E-state index in [9.17, 15) is 4.79 Å². The Hall–Kier alpha value is -1.03. The molecule has 0 amide bonds. The van der Waals surface area contributed by atoms with E-state index < -0.39 is 12.0 Å². The van der Waals surface area contributed by atoms with Crippen LogP contribution >= 0.6 is 0 Å². The Bertz CT molecular complexity index is 203. The van der Waals surface area contributed by atoms with E-state index >= 15 is 0 Å². The standard InChI is InChI=1S/C9H15NO3/c1-7(9(11)12)10-6-8-4-2-3-5-13-8/h3,5,7-8,10H,2,4,6H2,1H3,(H,11,12). The van der Waals surface area contributed by atoms with Gasteiger partial charge < -0.3 is 15.2 Å². The van der Waals surface area contributed by atoms with Crippen molar-refractivity contribution in [1.82, 2.24) is 5.32 Å². The molecule has 74 valence electrons. The van der Waals surface area contributed by atoms with E-state index in [4.69, 9.17) is 9.84 Å². The van der Waals surface area contributed by atoms with Crippen molar-refractivity contribution in [3.63, 3.8) is 0 Å². The zero-order chi connectivity index (χ0) is 9.68. The zero-order valence-corrected chi connectivity index (χ0v) is 7.69. The molecule has 1 aliphatic heterocycles. The molecule has 2 unspecified atom stereocenters. The largest absolute Gasteiger partial charge is 0.497 e. The van der Waals surface area contributed by atoms with Gasteiger partial charge in [-0.05, 0) is 25.8 Å². The highest BCUT2D eigenvalue weighted by atomic mass is 16.5. The van der Waals surface area contributed by atoms with E-state index in [-0.39, 0.29) is 6.10 Å². The van der Waals surface area contributed by atoms with Crippen LogP contribution < -0.4 is 5.32 Å². The van der Waals surface area contributed by atoms with Gasteiger partial charge >= 0.3 is 5.97 Å². The first-order chi connectivity index (χ1) is 6.20. The van der Waals surface area contributed by atoms with Crippen LogP contribution in [0.4, 0.5) is 0 Å². The molecule has 0 aromatic rings. The summed E-state index contributed by atoms with van der Waals surface area (Å²) in [5, 5.41) is 11.5. The third kappa shape index (κ3) is 3.46. The lowest BCUT2D eigenvalue weighted by atomic mass is 10.1. The van der Waals surface area contributed by atoms with Crippen LogP contribution in [0.1, 0.15) is 19.8 Å². The average Bonchev–Trinajstić information content (AvgIpc) is 2.15. The minimum Gasteiger partial charge on any atom is -0.497 e. The van der Waals surface area contributed by atoms with Gasteiger partial charge in [-0.2, -0.15) is 0 Å². The molecule has 2 N–H and O–H groups in total. The molecule has 0 fully saturated rings. The molecule has 4 heteroatoms. The second-order valence-electron chi connectivity index (χ2n) is 3.18. The van der Waals surface area contributed by atoms with Crippen molar-refractivity contribution in [3.05, 3.63) is 12.3 Å². The summed E-state index contributed by atoms with van der Waals surface area (Å²) in [6, 6.07) is -0.505. The monoisotopic (exact) mass is 185 g/mol. The summed E-state index contributed by atoms with van der Waals surface area (Å²) in [6.45, 7) is 2.22. The molecule has 2 atom stereocenters. The molecule has 0 radical (unpaired) electrons. The lowest BCUT2D eigenvalue weighted by Crippen LogP contribution is -2.39. The van der Waals surface area contributed by atoms with Gasteiger partial charge in [-0.25, -0.2) is 0 Å². The molecular weight excluding hydrogens is 170 g/mol. The number of hydrogen-bond acceptors (Lipinski definition) is 3. The van der Waals surface area contributed by atoms with Crippen LogP contribution in [-0.4, -0.2) is 29.8 Å². The summed E-state index contributed by atoms with van der Waals surface area (Å²) >= 11 is 0. The molecule has 0 spiro atoms. The normalized spacial score (nSPS) is 23.6. The van der Waals surface area contributed by atoms with Gasteiger partial charge in [0.25, 0.3) is 0 Å². The van der Waals surface area contributed by atoms with Crippen molar-refractivity contribution in [1.29, 1.82) is 0 Å². The highest BCUT2D eigenvalue weighted by Gasteiger charge is 2.15. The predicted octanol–water partition coefficient (Wildman–Crippen LogP) is 0.742. The fourth-order valence-electron chi connectivity index (χ4n) is 1.13. The summed E-state index contributed by atoms with van der Waals surface area (Å²) in [7, 11) is 0. The number of carbonyl (C=O) groups is 1. The highest BCUT2D eigenvalue weighted by Crippen LogP contribution is 2.08. The molecule has 0 aliphatic carbocycles. The predicted molar refractivity (Wildman–Crippen MR) is 48.3 cm³/mol. The van der Waals surface area contributed by atoms with Crippen molar-refractivity contribution in [2.45, 2.75) is 31.9 Å². The molecule has 0 saturated heterocycles.